The topological polar surface area (TPSA) is 61.9 Å². The number of hydrogen-bond acceptors (Lipinski definition) is 2. The molecule has 70 valence electrons. The molecule has 0 aliphatic heterocycles. The van der Waals surface area contributed by atoms with Gasteiger partial charge in [0.2, 0.25) is 0 Å². The number of rotatable bonds is 3. The molecule has 0 bridgehead atoms. The van der Waals surface area contributed by atoms with Crippen LogP contribution < -0.4 is 11.1 Å². The molecule has 4 N–H and O–H groups in total. The molecule has 0 unspecified atom stereocenters. The van der Waals surface area contributed by atoms with Crippen molar-refractivity contribution in [3.63, 3.8) is 0 Å². The van der Waals surface area contributed by atoms with Crippen LogP contribution in [0.15, 0.2) is 0 Å². The second kappa shape index (κ2) is 3.05. The summed E-state index contributed by atoms with van der Waals surface area (Å²) in [7, 11) is 0. The third-order valence-corrected chi connectivity index (χ3v) is 2.54. The lowest BCUT2D eigenvalue weighted by Gasteiger charge is -2.22. The van der Waals surface area contributed by atoms with Gasteiger partial charge in [-0.1, -0.05) is 6.92 Å². The van der Waals surface area contributed by atoms with Crippen molar-refractivity contribution in [2.45, 2.75) is 45.7 Å². The van der Waals surface area contributed by atoms with Crippen molar-refractivity contribution in [2.24, 2.45) is 11.1 Å². The highest BCUT2D eigenvalue weighted by Crippen LogP contribution is 2.47. The monoisotopic (exact) mass is 169 g/mol. The average molecular weight is 169 g/mol. The Labute approximate surface area is 74.2 Å². The van der Waals surface area contributed by atoms with Crippen LogP contribution in [0.25, 0.3) is 0 Å². The van der Waals surface area contributed by atoms with E-state index in [1.165, 1.54) is 0 Å². The maximum Gasteiger partial charge on any atom is 0.111 e. The Morgan fingerprint density at radius 2 is 2.00 bits per heavy atom. The molecule has 1 fully saturated rings. The van der Waals surface area contributed by atoms with Gasteiger partial charge in [-0.25, -0.2) is 0 Å². The predicted octanol–water partition coefficient (Wildman–Crippen LogP) is 1.09. The molecule has 0 saturated heterocycles. The summed E-state index contributed by atoms with van der Waals surface area (Å²) in [6, 6.07) is 0.214. The highest BCUT2D eigenvalue weighted by Gasteiger charge is 2.44. The van der Waals surface area contributed by atoms with Crippen molar-refractivity contribution in [1.29, 1.82) is 5.41 Å². The Balaban J connectivity index is 2.42. The molecule has 0 radical (unpaired) electrons. The zero-order valence-electron chi connectivity index (χ0n) is 8.15. The van der Waals surface area contributed by atoms with E-state index in [-0.39, 0.29) is 11.5 Å². The lowest BCUT2D eigenvalue weighted by atomic mass is 9.98. The molecule has 0 heterocycles. The molecule has 3 heteroatoms. The summed E-state index contributed by atoms with van der Waals surface area (Å²) < 4.78 is 0. The molecular weight excluding hydrogens is 150 g/mol. The van der Waals surface area contributed by atoms with Gasteiger partial charge in [-0.15, -0.1) is 0 Å². The van der Waals surface area contributed by atoms with Crippen LogP contribution in [-0.2, 0) is 0 Å². The van der Waals surface area contributed by atoms with Crippen molar-refractivity contribution in [3.8, 4) is 0 Å². The van der Waals surface area contributed by atoms with Crippen molar-refractivity contribution in [3.05, 3.63) is 0 Å². The summed E-state index contributed by atoms with van der Waals surface area (Å²) in [4.78, 5) is 0. The van der Waals surface area contributed by atoms with Gasteiger partial charge in [-0.05, 0) is 32.1 Å². The van der Waals surface area contributed by atoms with E-state index in [1.54, 1.807) is 0 Å². The van der Waals surface area contributed by atoms with Crippen LogP contribution in [0.2, 0.25) is 0 Å². The fourth-order valence-corrected chi connectivity index (χ4v) is 1.26. The maximum atomic E-state index is 7.68. The van der Waals surface area contributed by atoms with E-state index in [1.807, 2.05) is 13.8 Å². The Hall–Kier alpha value is -0.570. The van der Waals surface area contributed by atoms with Gasteiger partial charge >= 0.3 is 0 Å². The van der Waals surface area contributed by atoms with Crippen LogP contribution >= 0.6 is 0 Å². The van der Waals surface area contributed by atoms with Gasteiger partial charge in [0.15, 0.2) is 0 Å². The van der Waals surface area contributed by atoms with Crippen LogP contribution in [0.3, 0.4) is 0 Å². The molecule has 1 aliphatic rings. The van der Waals surface area contributed by atoms with E-state index in [9.17, 15) is 0 Å². The Kier molecular flexibility index (Phi) is 2.42. The maximum absolute atomic E-state index is 7.68. The molecule has 0 spiro atoms. The average Bonchev–Trinajstić information content (AvgIpc) is 2.66. The standard InChI is InChI=1S/C9H19N3/c1-6(2)12-8(11)7(10)9(3)4-5-9/h6-7H,4-5,10H2,1-3H3,(H2,11,12)/t7-/m1/s1. The lowest BCUT2D eigenvalue weighted by molar-refractivity contribution is 0.506. The van der Waals surface area contributed by atoms with Gasteiger partial charge in [-0.2, -0.15) is 0 Å². The summed E-state index contributed by atoms with van der Waals surface area (Å²) >= 11 is 0. The largest absolute Gasteiger partial charge is 0.371 e. The Morgan fingerprint density at radius 1 is 1.50 bits per heavy atom. The highest BCUT2D eigenvalue weighted by molar-refractivity contribution is 5.85. The molecule has 1 atom stereocenters. The van der Waals surface area contributed by atoms with Gasteiger partial charge in [0.1, 0.15) is 5.84 Å². The second-order valence-electron chi connectivity index (χ2n) is 4.34. The fourth-order valence-electron chi connectivity index (χ4n) is 1.26. The summed E-state index contributed by atoms with van der Waals surface area (Å²) in [5.74, 6) is 0.491. The fraction of sp³-hybridized carbons (Fsp3) is 0.889. The number of nitrogens with two attached hydrogens (primary N) is 1. The second-order valence-corrected chi connectivity index (χ2v) is 4.34. The van der Waals surface area contributed by atoms with E-state index in [4.69, 9.17) is 11.1 Å². The van der Waals surface area contributed by atoms with Crippen LogP contribution in [0.4, 0.5) is 0 Å². The van der Waals surface area contributed by atoms with Crippen LogP contribution in [0.5, 0.6) is 0 Å². The first kappa shape index (κ1) is 9.52. The normalized spacial score (nSPS) is 22.1. The molecule has 12 heavy (non-hydrogen) atoms. The molecule has 0 aromatic heterocycles. The van der Waals surface area contributed by atoms with Crippen LogP contribution in [-0.4, -0.2) is 17.9 Å². The van der Waals surface area contributed by atoms with Gasteiger partial charge < -0.3 is 11.1 Å². The molecule has 0 amide bonds. The Morgan fingerprint density at radius 3 is 2.33 bits per heavy atom. The number of hydrogen-bond donors (Lipinski definition) is 3. The zero-order chi connectivity index (χ0) is 9.35. The minimum absolute atomic E-state index is 0.0973. The molecule has 1 saturated carbocycles. The number of amidine groups is 1. The molecular formula is C9H19N3. The zero-order valence-corrected chi connectivity index (χ0v) is 8.15. The molecule has 0 aromatic carbocycles. The quantitative estimate of drug-likeness (QED) is 0.437. The van der Waals surface area contributed by atoms with Crippen molar-refractivity contribution < 1.29 is 0 Å². The van der Waals surface area contributed by atoms with E-state index >= 15 is 0 Å². The number of nitrogens with one attached hydrogen (secondary N) is 2. The smallest absolute Gasteiger partial charge is 0.111 e. The molecule has 3 nitrogen and oxygen atoms in total. The SMILES string of the molecule is CC(C)NC(=N)[C@@H](N)C1(C)CC1. The lowest BCUT2D eigenvalue weighted by Crippen LogP contribution is -2.47. The minimum atomic E-state index is -0.0973. The third kappa shape index (κ3) is 1.97. The predicted molar refractivity (Wildman–Crippen MR) is 51.3 cm³/mol. The Bertz CT molecular complexity index is 182. The van der Waals surface area contributed by atoms with Crippen LogP contribution in [0, 0.1) is 10.8 Å². The van der Waals surface area contributed by atoms with Crippen molar-refractivity contribution in [1.82, 2.24) is 5.32 Å². The van der Waals surface area contributed by atoms with Crippen molar-refractivity contribution >= 4 is 5.84 Å². The third-order valence-electron chi connectivity index (χ3n) is 2.54. The molecule has 1 aliphatic carbocycles. The van der Waals surface area contributed by atoms with E-state index in [2.05, 4.69) is 12.2 Å². The summed E-state index contributed by atoms with van der Waals surface area (Å²) in [6.07, 6.45) is 2.33. The summed E-state index contributed by atoms with van der Waals surface area (Å²) in [5.41, 5.74) is 6.13. The van der Waals surface area contributed by atoms with Gasteiger partial charge in [0.05, 0.1) is 6.04 Å². The minimum Gasteiger partial charge on any atom is -0.371 e. The summed E-state index contributed by atoms with van der Waals surface area (Å²) in [5, 5.41) is 10.7. The van der Waals surface area contributed by atoms with Crippen LogP contribution in [0.1, 0.15) is 33.6 Å². The molecule has 1 rings (SSSR count). The summed E-state index contributed by atoms with van der Waals surface area (Å²) in [6.45, 7) is 6.20. The van der Waals surface area contributed by atoms with Gasteiger partial charge in [0, 0.05) is 6.04 Å². The van der Waals surface area contributed by atoms with Gasteiger partial charge in [0.25, 0.3) is 0 Å². The highest BCUT2D eigenvalue weighted by atomic mass is 15.0. The first-order valence-corrected chi connectivity index (χ1v) is 4.56. The van der Waals surface area contributed by atoms with E-state index < -0.39 is 0 Å². The van der Waals surface area contributed by atoms with E-state index in [0.29, 0.717) is 11.9 Å². The first-order valence-electron chi connectivity index (χ1n) is 4.56. The van der Waals surface area contributed by atoms with E-state index in [0.717, 1.165) is 12.8 Å². The molecule has 0 aromatic rings. The van der Waals surface area contributed by atoms with Gasteiger partial charge in [-0.3, -0.25) is 5.41 Å². The first-order chi connectivity index (χ1) is 5.46. The van der Waals surface area contributed by atoms with Crippen molar-refractivity contribution in [2.75, 3.05) is 0 Å².